The molecule has 3 aromatic rings. The molecule has 0 saturated heterocycles. The molecule has 0 aliphatic carbocycles. The highest BCUT2D eigenvalue weighted by molar-refractivity contribution is 5.95. The fraction of sp³-hybridized carbons (Fsp3) is 0.269. The van der Waals surface area contributed by atoms with Crippen LogP contribution >= 0.6 is 0 Å². The van der Waals surface area contributed by atoms with Gasteiger partial charge in [-0.1, -0.05) is 36.4 Å². The van der Waals surface area contributed by atoms with E-state index >= 15 is 0 Å². The topological polar surface area (TPSA) is 80.6 Å². The molecule has 33 heavy (non-hydrogen) atoms. The third kappa shape index (κ3) is 5.14. The Balaban J connectivity index is 1.36. The third-order valence-electron chi connectivity index (χ3n) is 5.88. The lowest BCUT2D eigenvalue weighted by atomic mass is 10.1. The predicted octanol–water partition coefficient (Wildman–Crippen LogP) is 2.93. The van der Waals surface area contributed by atoms with Gasteiger partial charge in [0.15, 0.2) is 5.75 Å². The predicted molar refractivity (Wildman–Crippen MR) is 126 cm³/mol. The van der Waals surface area contributed by atoms with Crippen LogP contribution in [0, 0.1) is 13.8 Å². The molecule has 0 spiro atoms. The summed E-state index contributed by atoms with van der Waals surface area (Å²) in [4.78, 5) is 39.5. The van der Waals surface area contributed by atoms with E-state index in [1.54, 1.807) is 21.7 Å². The first-order valence-corrected chi connectivity index (χ1v) is 11.0. The summed E-state index contributed by atoms with van der Waals surface area (Å²) in [6.07, 6.45) is 1.61. The van der Waals surface area contributed by atoms with Gasteiger partial charge in [0.2, 0.25) is 5.43 Å². The van der Waals surface area contributed by atoms with Crippen molar-refractivity contribution in [3.63, 3.8) is 0 Å². The third-order valence-corrected chi connectivity index (χ3v) is 5.88. The largest absolute Gasteiger partial charge is 0.483 e. The second kappa shape index (κ2) is 9.73. The van der Waals surface area contributed by atoms with Gasteiger partial charge in [0.05, 0.1) is 6.20 Å². The van der Waals surface area contributed by atoms with Crippen molar-refractivity contribution in [3.05, 3.63) is 99.0 Å². The zero-order valence-corrected chi connectivity index (χ0v) is 18.8. The number of fused-ring (bicyclic) bond motifs is 1. The molecule has 1 N–H and O–H groups in total. The Morgan fingerprint density at radius 3 is 2.55 bits per heavy atom. The molecule has 1 aromatic heterocycles. The molecule has 2 amide bonds. The number of nitrogens with one attached hydrogen (secondary N) is 1. The molecule has 0 unspecified atom stereocenters. The fourth-order valence-electron chi connectivity index (χ4n) is 3.76. The highest BCUT2D eigenvalue weighted by Gasteiger charge is 2.25. The average molecular weight is 446 g/mol. The van der Waals surface area contributed by atoms with E-state index in [4.69, 9.17) is 4.74 Å². The van der Waals surface area contributed by atoms with Crippen LogP contribution in [0.15, 0.2) is 65.6 Å². The highest BCUT2D eigenvalue weighted by Crippen LogP contribution is 2.16. The summed E-state index contributed by atoms with van der Waals surface area (Å²) < 4.78 is 7.45. The first-order valence-electron chi connectivity index (χ1n) is 11.0. The van der Waals surface area contributed by atoms with Crippen LogP contribution < -0.4 is 15.5 Å². The Kier molecular flexibility index (Phi) is 6.58. The number of benzene rings is 2. The average Bonchev–Trinajstić information content (AvgIpc) is 2.82. The molecule has 4 rings (SSSR count). The van der Waals surface area contributed by atoms with Gasteiger partial charge in [-0.2, -0.15) is 0 Å². The molecule has 170 valence electrons. The standard InChI is InChI=1S/C26H27N3O4/c1-18-8-9-21(14-19(18)2)25(31)27-10-11-28-12-13-29-16-24(23(30)15-22(29)26(28)32)33-17-20-6-4-3-5-7-20/h3-9,14-16H,10-13,17H2,1-2H3,(H,27,31). The molecule has 0 saturated carbocycles. The van der Waals surface area contributed by atoms with Gasteiger partial charge < -0.3 is 19.5 Å². The Hall–Kier alpha value is -3.87. The number of aryl methyl sites for hydroxylation is 2. The van der Waals surface area contributed by atoms with Crippen molar-refractivity contribution in [2.24, 2.45) is 0 Å². The van der Waals surface area contributed by atoms with Crippen molar-refractivity contribution in [2.45, 2.75) is 27.0 Å². The minimum Gasteiger partial charge on any atom is -0.483 e. The Labute approximate surface area is 192 Å². The van der Waals surface area contributed by atoms with E-state index in [1.807, 2.05) is 56.3 Å². The Morgan fingerprint density at radius 2 is 1.79 bits per heavy atom. The molecule has 1 aliphatic heterocycles. The van der Waals surface area contributed by atoms with E-state index in [2.05, 4.69) is 5.32 Å². The van der Waals surface area contributed by atoms with E-state index in [0.29, 0.717) is 37.4 Å². The lowest BCUT2D eigenvalue weighted by molar-refractivity contribution is 0.0696. The molecular formula is C26H27N3O4. The molecular weight excluding hydrogens is 418 g/mol. The maximum Gasteiger partial charge on any atom is 0.270 e. The number of hydrogen-bond donors (Lipinski definition) is 1. The Bertz CT molecular complexity index is 1230. The molecule has 0 radical (unpaired) electrons. The molecule has 0 bridgehead atoms. The van der Waals surface area contributed by atoms with Crippen LogP contribution in [0.4, 0.5) is 0 Å². The second-order valence-corrected chi connectivity index (χ2v) is 8.20. The number of ether oxygens (including phenoxy) is 1. The van der Waals surface area contributed by atoms with Gasteiger partial charge in [-0.15, -0.1) is 0 Å². The van der Waals surface area contributed by atoms with E-state index in [0.717, 1.165) is 16.7 Å². The van der Waals surface area contributed by atoms with Gasteiger partial charge in [0, 0.05) is 37.8 Å². The number of rotatable bonds is 7. The second-order valence-electron chi connectivity index (χ2n) is 8.20. The number of nitrogens with zero attached hydrogens (tertiary/aromatic N) is 2. The maximum absolute atomic E-state index is 12.9. The SMILES string of the molecule is Cc1ccc(C(=O)NCCN2CCn3cc(OCc4ccccc4)c(=O)cc3C2=O)cc1C. The molecule has 0 atom stereocenters. The van der Waals surface area contributed by atoms with Gasteiger partial charge in [0.25, 0.3) is 11.8 Å². The normalized spacial score (nSPS) is 12.9. The number of pyridine rings is 1. The zero-order chi connectivity index (χ0) is 23.4. The molecule has 2 heterocycles. The minimum atomic E-state index is -0.324. The van der Waals surface area contributed by atoms with Gasteiger partial charge >= 0.3 is 0 Å². The summed E-state index contributed by atoms with van der Waals surface area (Å²) in [6, 6.07) is 16.5. The van der Waals surface area contributed by atoms with Crippen LogP contribution in [-0.4, -0.2) is 40.9 Å². The quantitative estimate of drug-likeness (QED) is 0.606. The fourth-order valence-corrected chi connectivity index (χ4v) is 3.76. The lowest BCUT2D eigenvalue weighted by Crippen LogP contribution is -2.45. The number of carbonyl (C=O) groups is 2. The minimum absolute atomic E-state index is 0.167. The van der Waals surface area contributed by atoms with Crippen LogP contribution in [-0.2, 0) is 13.2 Å². The van der Waals surface area contributed by atoms with Crippen LogP contribution in [0.5, 0.6) is 5.75 Å². The summed E-state index contributed by atoms with van der Waals surface area (Å²) in [5.41, 5.74) is 3.76. The number of hydrogen-bond acceptors (Lipinski definition) is 4. The van der Waals surface area contributed by atoms with Crippen molar-refractivity contribution in [3.8, 4) is 5.75 Å². The highest BCUT2D eigenvalue weighted by atomic mass is 16.5. The first-order chi connectivity index (χ1) is 15.9. The lowest BCUT2D eigenvalue weighted by Gasteiger charge is -2.30. The van der Waals surface area contributed by atoms with Gasteiger partial charge in [-0.05, 0) is 42.7 Å². The smallest absolute Gasteiger partial charge is 0.270 e. The number of aromatic nitrogens is 1. The zero-order valence-electron chi connectivity index (χ0n) is 18.8. The van der Waals surface area contributed by atoms with Crippen molar-refractivity contribution in [2.75, 3.05) is 19.6 Å². The van der Waals surface area contributed by atoms with Crippen LogP contribution in [0.1, 0.15) is 37.5 Å². The first kappa shape index (κ1) is 22.3. The summed E-state index contributed by atoms with van der Waals surface area (Å²) in [6.45, 7) is 6.00. The van der Waals surface area contributed by atoms with Crippen molar-refractivity contribution in [1.29, 1.82) is 0 Å². The molecule has 7 heteroatoms. The van der Waals surface area contributed by atoms with Crippen LogP contribution in [0.2, 0.25) is 0 Å². The summed E-state index contributed by atoms with van der Waals surface area (Å²) >= 11 is 0. The molecule has 0 fully saturated rings. The van der Waals surface area contributed by atoms with Gasteiger partial charge in [0.1, 0.15) is 12.3 Å². The Morgan fingerprint density at radius 1 is 1.00 bits per heavy atom. The van der Waals surface area contributed by atoms with E-state index in [1.165, 1.54) is 6.07 Å². The van der Waals surface area contributed by atoms with E-state index in [9.17, 15) is 14.4 Å². The van der Waals surface area contributed by atoms with Crippen molar-refractivity contribution >= 4 is 11.8 Å². The van der Waals surface area contributed by atoms with E-state index < -0.39 is 0 Å². The van der Waals surface area contributed by atoms with Crippen LogP contribution in [0.3, 0.4) is 0 Å². The summed E-state index contributed by atoms with van der Waals surface area (Å²) in [7, 11) is 0. The van der Waals surface area contributed by atoms with Gasteiger partial charge in [-0.25, -0.2) is 0 Å². The maximum atomic E-state index is 12.9. The summed E-state index contributed by atoms with van der Waals surface area (Å²) in [5, 5.41) is 2.87. The molecule has 1 aliphatic rings. The molecule has 2 aromatic carbocycles. The number of carbonyl (C=O) groups excluding carboxylic acids is 2. The molecule has 7 nitrogen and oxygen atoms in total. The van der Waals surface area contributed by atoms with Crippen molar-refractivity contribution in [1.82, 2.24) is 14.8 Å². The number of amides is 2. The van der Waals surface area contributed by atoms with Crippen LogP contribution in [0.25, 0.3) is 0 Å². The van der Waals surface area contributed by atoms with Crippen molar-refractivity contribution < 1.29 is 14.3 Å². The van der Waals surface area contributed by atoms with Gasteiger partial charge in [-0.3, -0.25) is 14.4 Å². The summed E-state index contributed by atoms with van der Waals surface area (Å²) in [5.74, 6) is -0.169. The monoisotopic (exact) mass is 445 g/mol. The van der Waals surface area contributed by atoms with E-state index in [-0.39, 0.29) is 29.6 Å².